The molecular weight excluding hydrogens is 484 g/mol. The molecule has 12 heteroatoms. The Labute approximate surface area is 212 Å². The molecule has 37 heavy (non-hydrogen) atoms. The van der Waals surface area contributed by atoms with E-state index in [0.717, 1.165) is 5.56 Å². The van der Waals surface area contributed by atoms with Crippen LogP contribution < -0.4 is 21.7 Å². The van der Waals surface area contributed by atoms with E-state index < -0.39 is 66.9 Å². The number of benzene rings is 2. The van der Waals surface area contributed by atoms with Crippen molar-refractivity contribution in [2.45, 2.75) is 43.4 Å². The molecule has 8 N–H and O–H groups in total. The third kappa shape index (κ3) is 9.70. The summed E-state index contributed by atoms with van der Waals surface area (Å²) in [7, 11) is 0. The van der Waals surface area contributed by atoms with E-state index in [-0.39, 0.29) is 12.8 Å². The molecule has 3 amide bonds. The summed E-state index contributed by atoms with van der Waals surface area (Å²) < 4.78 is 0. The quantitative estimate of drug-likeness (QED) is 0.161. The van der Waals surface area contributed by atoms with Gasteiger partial charge in [0, 0.05) is 6.42 Å². The van der Waals surface area contributed by atoms with Crippen LogP contribution in [-0.4, -0.2) is 75.8 Å². The molecule has 0 bridgehead atoms. The van der Waals surface area contributed by atoms with Crippen molar-refractivity contribution in [1.82, 2.24) is 16.0 Å². The predicted molar refractivity (Wildman–Crippen MR) is 131 cm³/mol. The molecule has 0 aromatic heterocycles. The number of nitrogens with one attached hydrogen (secondary N) is 3. The standard InChI is InChI=1S/C25H30N4O8/c26-17(11-15-7-3-1-4-8-15)22(33)27-18(13-21(31)32)23(34)29-20(14-30)24(35)28-19(25(36)37)12-16-9-5-2-6-10-16/h1-10,17-20,30H,11-14,26H2,(H,27,33)(H,28,35)(H,29,34)(H,31,32)(H,36,37). The first-order valence-electron chi connectivity index (χ1n) is 11.4. The van der Waals surface area contributed by atoms with Gasteiger partial charge in [-0.15, -0.1) is 0 Å². The molecule has 0 spiro atoms. The Balaban J connectivity index is 2.04. The number of aliphatic hydroxyl groups is 1. The van der Waals surface area contributed by atoms with Gasteiger partial charge in [0.15, 0.2) is 0 Å². The molecule has 12 nitrogen and oxygen atoms in total. The lowest BCUT2D eigenvalue weighted by Gasteiger charge is -2.23. The maximum Gasteiger partial charge on any atom is 0.326 e. The number of aliphatic hydroxyl groups excluding tert-OH is 1. The molecule has 198 valence electrons. The second kappa shape index (κ2) is 14.3. The van der Waals surface area contributed by atoms with Crippen LogP contribution in [-0.2, 0) is 36.8 Å². The van der Waals surface area contributed by atoms with Crippen molar-refractivity contribution in [2.75, 3.05) is 6.61 Å². The van der Waals surface area contributed by atoms with E-state index in [1.54, 1.807) is 60.7 Å². The maximum absolute atomic E-state index is 12.7. The van der Waals surface area contributed by atoms with E-state index in [9.17, 15) is 39.3 Å². The fourth-order valence-electron chi connectivity index (χ4n) is 3.41. The van der Waals surface area contributed by atoms with Crippen LogP contribution in [0.15, 0.2) is 60.7 Å². The second-order valence-corrected chi connectivity index (χ2v) is 8.29. The molecule has 2 aromatic carbocycles. The Morgan fingerprint density at radius 2 is 1.14 bits per heavy atom. The van der Waals surface area contributed by atoms with Gasteiger partial charge in [-0.1, -0.05) is 60.7 Å². The molecule has 4 unspecified atom stereocenters. The SMILES string of the molecule is NC(Cc1ccccc1)C(=O)NC(CC(=O)O)C(=O)NC(CO)C(=O)NC(Cc1ccccc1)C(=O)O. The van der Waals surface area contributed by atoms with Gasteiger partial charge in [-0.25, -0.2) is 4.79 Å². The summed E-state index contributed by atoms with van der Waals surface area (Å²) in [6, 6.07) is 11.7. The Morgan fingerprint density at radius 1 is 0.676 bits per heavy atom. The smallest absolute Gasteiger partial charge is 0.326 e. The summed E-state index contributed by atoms with van der Waals surface area (Å²) in [5.74, 6) is -5.59. The first-order chi connectivity index (χ1) is 17.6. The summed E-state index contributed by atoms with van der Waals surface area (Å²) >= 11 is 0. The Hall–Kier alpha value is -4.29. The lowest BCUT2D eigenvalue weighted by Crippen LogP contribution is -2.58. The highest BCUT2D eigenvalue weighted by Crippen LogP contribution is 2.05. The van der Waals surface area contributed by atoms with E-state index in [1.807, 2.05) is 0 Å². The van der Waals surface area contributed by atoms with Gasteiger partial charge >= 0.3 is 11.9 Å². The van der Waals surface area contributed by atoms with E-state index in [2.05, 4.69) is 16.0 Å². The minimum Gasteiger partial charge on any atom is -0.481 e. The Kier molecular flexibility index (Phi) is 11.2. The van der Waals surface area contributed by atoms with Gasteiger partial charge in [-0.2, -0.15) is 0 Å². The number of hydrogen-bond acceptors (Lipinski definition) is 7. The Morgan fingerprint density at radius 3 is 1.62 bits per heavy atom. The largest absolute Gasteiger partial charge is 0.481 e. The molecule has 0 saturated heterocycles. The van der Waals surface area contributed by atoms with Crippen LogP contribution in [0.1, 0.15) is 17.5 Å². The van der Waals surface area contributed by atoms with E-state index in [1.165, 1.54) is 0 Å². The fourth-order valence-corrected chi connectivity index (χ4v) is 3.41. The van der Waals surface area contributed by atoms with E-state index in [0.29, 0.717) is 5.56 Å². The van der Waals surface area contributed by atoms with Gasteiger partial charge < -0.3 is 37.0 Å². The van der Waals surface area contributed by atoms with Crippen molar-refractivity contribution < 1.29 is 39.3 Å². The van der Waals surface area contributed by atoms with Gasteiger partial charge in [-0.3, -0.25) is 19.2 Å². The van der Waals surface area contributed by atoms with Gasteiger partial charge in [0.2, 0.25) is 17.7 Å². The lowest BCUT2D eigenvalue weighted by atomic mass is 10.0. The summed E-state index contributed by atoms with van der Waals surface area (Å²) in [5, 5.41) is 35.0. The molecule has 0 aliphatic carbocycles. The van der Waals surface area contributed by atoms with E-state index >= 15 is 0 Å². The van der Waals surface area contributed by atoms with Crippen molar-refractivity contribution in [2.24, 2.45) is 5.73 Å². The van der Waals surface area contributed by atoms with Crippen molar-refractivity contribution in [1.29, 1.82) is 0 Å². The first-order valence-corrected chi connectivity index (χ1v) is 11.4. The molecule has 0 fully saturated rings. The maximum atomic E-state index is 12.7. The van der Waals surface area contributed by atoms with Crippen LogP contribution in [0.4, 0.5) is 0 Å². The van der Waals surface area contributed by atoms with Crippen molar-refractivity contribution in [3.05, 3.63) is 71.8 Å². The van der Waals surface area contributed by atoms with Crippen LogP contribution in [0, 0.1) is 0 Å². The fraction of sp³-hybridized carbons (Fsp3) is 0.320. The molecule has 0 aliphatic heterocycles. The molecule has 0 heterocycles. The van der Waals surface area contributed by atoms with Gasteiger partial charge in [0.05, 0.1) is 19.1 Å². The second-order valence-electron chi connectivity index (χ2n) is 8.29. The molecule has 2 rings (SSSR count). The van der Waals surface area contributed by atoms with Gasteiger partial charge in [-0.05, 0) is 17.5 Å². The average Bonchev–Trinajstić information content (AvgIpc) is 2.87. The number of carboxylic acid groups (broad SMARTS) is 2. The topological polar surface area (TPSA) is 208 Å². The number of nitrogens with two attached hydrogens (primary N) is 1. The summed E-state index contributed by atoms with van der Waals surface area (Å²) in [6.45, 7) is -0.906. The highest BCUT2D eigenvalue weighted by Gasteiger charge is 2.31. The van der Waals surface area contributed by atoms with Crippen LogP contribution in [0.2, 0.25) is 0 Å². The first kappa shape index (κ1) is 28.9. The van der Waals surface area contributed by atoms with Crippen molar-refractivity contribution >= 4 is 29.7 Å². The minimum absolute atomic E-state index is 0.0506. The predicted octanol–water partition coefficient (Wildman–Crippen LogP) is -1.19. The molecule has 4 atom stereocenters. The van der Waals surface area contributed by atoms with Crippen molar-refractivity contribution in [3.63, 3.8) is 0 Å². The molecule has 2 aromatic rings. The lowest BCUT2D eigenvalue weighted by molar-refractivity contribution is -0.143. The van der Waals surface area contributed by atoms with Crippen LogP contribution in [0.5, 0.6) is 0 Å². The molecular formula is C25H30N4O8. The van der Waals surface area contributed by atoms with Crippen LogP contribution >= 0.6 is 0 Å². The van der Waals surface area contributed by atoms with Crippen LogP contribution in [0.3, 0.4) is 0 Å². The van der Waals surface area contributed by atoms with Crippen molar-refractivity contribution in [3.8, 4) is 0 Å². The highest BCUT2D eigenvalue weighted by atomic mass is 16.4. The number of amides is 3. The Bertz CT molecular complexity index is 1080. The number of hydrogen-bond donors (Lipinski definition) is 7. The number of rotatable bonds is 14. The summed E-state index contributed by atoms with van der Waals surface area (Å²) in [4.78, 5) is 60.8. The number of aliphatic carboxylic acids is 2. The molecule has 0 saturated carbocycles. The highest BCUT2D eigenvalue weighted by molar-refractivity contribution is 5.95. The zero-order valence-electron chi connectivity index (χ0n) is 19.9. The monoisotopic (exact) mass is 514 g/mol. The average molecular weight is 515 g/mol. The normalized spacial score (nSPS) is 13.9. The zero-order valence-corrected chi connectivity index (χ0v) is 19.9. The number of carbonyl (C=O) groups is 5. The van der Waals surface area contributed by atoms with Crippen LogP contribution in [0.25, 0.3) is 0 Å². The third-order valence-corrected chi connectivity index (χ3v) is 5.36. The number of carboxylic acids is 2. The summed E-state index contributed by atoms with van der Waals surface area (Å²) in [5.41, 5.74) is 7.29. The van der Waals surface area contributed by atoms with E-state index in [4.69, 9.17) is 5.73 Å². The van der Waals surface area contributed by atoms with Gasteiger partial charge in [0.25, 0.3) is 0 Å². The summed E-state index contributed by atoms with van der Waals surface area (Å²) in [6.07, 6.45) is -0.736. The minimum atomic E-state index is -1.60. The molecule has 0 aliphatic rings. The van der Waals surface area contributed by atoms with Gasteiger partial charge in [0.1, 0.15) is 18.1 Å². The number of carbonyl (C=O) groups excluding carboxylic acids is 3. The zero-order chi connectivity index (χ0) is 27.4. The molecule has 0 radical (unpaired) electrons. The third-order valence-electron chi connectivity index (χ3n) is 5.36.